The molecule has 0 aromatic heterocycles. The van der Waals surface area contributed by atoms with Gasteiger partial charge in [-0.1, -0.05) is 25.5 Å². The number of aryl methyl sites for hydroxylation is 4. The molecule has 0 amide bonds. The molecule has 0 radical (unpaired) electrons. The molecule has 0 aliphatic rings. The van der Waals surface area contributed by atoms with E-state index in [0.717, 1.165) is 36.1 Å². The zero-order valence-corrected chi connectivity index (χ0v) is 18.4. The molecule has 0 fully saturated rings. The minimum atomic E-state index is -0.0462. The Hall–Kier alpha value is -2.20. The third-order valence-corrected chi connectivity index (χ3v) is 4.46. The molecule has 0 saturated carbocycles. The first-order valence-corrected chi connectivity index (χ1v) is 9.84. The van der Waals surface area contributed by atoms with Crippen molar-refractivity contribution in [3.8, 4) is 11.1 Å². The molecule has 154 valence electrons. The van der Waals surface area contributed by atoms with Gasteiger partial charge < -0.3 is 9.64 Å². The van der Waals surface area contributed by atoms with E-state index in [1.54, 1.807) is 6.92 Å². The van der Waals surface area contributed by atoms with E-state index in [2.05, 4.69) is 56.6 Å². The van der Waals surface area contributed by atoms with Crippen LogP contribution in [0.3, 0.4) is 0 Å². The van der Waals surface area contributed by atoms with Crippen LogP contribution in [-0.2, 0) is 22.5 Å². The molecule has 28 heavy (non-hydrogen) atoms. The number of benzene rings is 2. The highest BCUT2D eigenvalue weighted by Gasteiger charge is 2.13. The standard InChI is InChI=1S/C21H28FN.C3H6O2/c1-7-8-18-12-19(11-16(4)21(18)22)20-14(2)9-17(10-15(20)3)13-23(5)6;1-2-5-3-4/h9-12H,7-8,13H2,1-6H3;3H,2H2,1H3. The zero-order chi connectivity index (χ0) is 21.3. The molecule has 0 spiro atoms. The smallest absolute Gasteiger partial charge is 0.293 e. The number of nitrogens with zero attached hydrogens (tertiary/aromatic N) is 1. The fraction of sp³-hybridized carbons (Fsp3) is 0.458. The second-order valence-electron chi connectivity index (χ2n) is 7.41. The highest BCUT2D eigenvalue weighted by atomic mass is 19.1. The SMILES string of the molecule is CCCc1cc(-c2c(C)cc(CN(C)C)cc2C)cc(C)c1F.CCOC=O. The first-order chi connectivity index (χ1) is 13.2. The molecule has 3 nitrogen and oxygen atoms in total. The van der Waals surface area contributed by atoms with Crippen molar-refractivity contribution in [2.24, 2.45) is 0 Å². The van der Waals surface area contributed by atoms with Gasteiger partial charge in [-0.05, 0) is 99.3 Å². The number of hydrogen-bond acceptors (Lipinski definition) is 3. The lowest BCUT2D eigenvalue weighted by Crippen LogP contribution is -2.11. The van der Waals surface area contributed by atoms with Crippen molar-refractivity contribution in [2.75, 3.05) is 20.7 Å². The Bertz CT molecular complexity index is 761. The monoisotopic (exact) mass is 387 g/mol. The lowest BCUT2D eigenvalue weighted by Gasteiger charge is -2.17. The summed E-state index contributed by atoms with van der Waals surface area (Å²) in [5, 5.41) is 0. The lowest BCUT2D eigenvalue weighted by molar-refractivity contribution is -0.128. The van der Waals surface area contributed by atoms with E-state index >= 15 is 0 Å². The van der Waals surface area contributed by atoms with Gasteiger partial charge in [0.15, 0.2) is 0 Å². The van der Waals surface area contributed by atoms with Crippen molar-refractivity contribution in [1.29, 1.82) is 0 Å². The van der Waals surface area contributed by atoms with Crippen molar-refractivity contribution in [1.82, 2.24) is 4.90 Å². The Morgan fingerprint density at radius 3 is 2.04 bits per heavy atom. The number of halogens is 1. The van der Waals surface area contributed by atoms with E-state index in [9.17, 15) is 9.18 Å². The van der Waals surface area contributed by atoms with Crippen LogP contribution in [0.25, 0.3) is 11.1 Å². The predicted molar refractivity (Wildman–Crippen MR) is 115 cm³/mol. The van der Waals surface area contributed by atoms with E-state index in [1.165, 1.54) is 22.3 Å². The van der Waals surface area contributed by atoms with E-state index in [1.807, 2.05) is 19.1 Å². The van der Waals surface area contributed by atoms with Gasteiger partial charge in [-0.3, -0.25) is 4.79 Å². The molecule has 0 saturated heterocycles. The summed E-state index contributed by atoms with van der Waals surface area (Å²) in [5.41, 5.74) is 7.79. The number of carbonyl (C=O) groups is 1. The Morgan fingerprint density at radius 2 is 1.61 bits per heavy atom. The van der Waals surface area contributed by atoms with Crippen LogP contribution >= 0.6 is 0 Å². The largest absolute Gasteiger partial charge is 0.468 e. The van der Waals surface area contributed by atoms with Crippen LogP contribution in [0, 0.1) is 26.6 Å². The van der Waals surface area contributed by atoms with Crippen molar-refractivity contribution in [3.05, 3.63) is 57.9 Å². The van der Waals surface area contributed by atoms with Crippen LogP contribution in [0.1, 0.15) is 48.1 Å². The molecule has 0 unspecified atom stereocenters. The number of hydrogen-bond donors (Lipinski definition) is 0. The first kappa shape index (κ1) is 23.8. The summed E-state index contributed by atoms with van der Waals surface area (Å²) < 4.78 is 18.4. The van der Waals surface area contributed by atoms with Crippen LogP contribution < -0.4 is 0 Å². The minimum Gasteiger partial charge on any atom is -0.468 e. The molecule has 4 heteroatoms. The van der Waals surface area contributed by atoms with Gasteiger partial charge in [0.1, 0.15) is 5.82 Å². The zero-order valence-electron chi connectivity index (χ0n) is 18.4. The van der Waals surface area contributed by atoms with Crippen molar-refractivity contribution in [2.45, 2.75) is 54.0 Å². The number of ether oxygens (including phenoxy) is 1. The normalized spacial score (nSPS) is 10.5. The van der Waals surface area contributed by atoms with E-state index < -0.39 is 0 Å². The summed E-state index contributed by atoms with van der Waals surface area (Å²) >= 11 is 0. The Morgan fingerprint density at radius 1 is 1.00 bits per heavy atom. The molecule has 0 heterocycles. The van der Waals surface area contributed by atoms with Gasteiger partial charge in [0.25, 0.3) is 6.47 Å². The molecule has 0 N–H and O–H groups in total. The summed E-state index contributed by atoms with van der Waals surface area (Å²) in [5.74, 6) is -0.0462. The summed E-state index contributed by atoms with van der Waals surface area (Å²) in [4.78, 5) is 11.4. The maximum absolute atomic E-state index is 14.3. The van der Waals surface area contributed by atoms with Gasteiger partial charge >= 0.3 is 0 Å². The average Bonchev–Trinajstić information content (AvgIpc) is 2.59. The predicted octanol–water partition coefficient (Wildman–Crippen LogP) is 5.61. The molecular weight excluding hydrogens is 353 g/mol. The molecule has 2 aromatic rings. The van der Waals surface area contributed by atoms with Gasteiger partial charge in [0.2, 0.25) is 0 Å². The Labute approximate surface area is 169 Å². The average molecular weight is 388 g/mol. The Balaban J connectivity index is 0.000000696. The molecule has 0 aliphatic carbocycles. The van der Waals surface area contributed by atoms with Gasteiger partial charge in [-0.2, -0.15) is 0 Å². The number of rotatable bonds is 7. The van der Waals surface area contributed by atoms with Gasteiger partial charge in [-0.15, -0.1) is 0 Å². The van der Waals surface area contributed by atoms with E-state index in [0.29, 0.717) is 13.1 Å². The molecule has 0 aliphatic heterocycles. The molecule has 2 rings (SSSR count). The summed E-state index contributed by atoms with van der Waals surface area (Å²) in [6.45, 7) is 11.9. The van der Waals surface area contributed by atoms with Crippen molar-refractivity contribution in [3.63, 3.8) is 0 Å². The lowest BCUT2D eigenvalue weighted by atomic mass is 9.90. The summed E-state index contributed by atoms with van der Waals surface area (Å²) in [6.07, 6.45) is 1.75. The van der Waals surface area contributed by atoms with Gasteiger partial charge in [-0.25, -0.2) is 4.39 Å². The maximum atomic E-state index is 14.3. The number of carbonyl (C=O) groups excluding carboxylic acids is 1. The van der Waals surface area contributed by atoms with Crippen LogP contribution in [0.5, 0.6) is 0 Å². The van der Waals surface area contributed by atoms with Crippen molar-refractivity contribution < 1.29 is 13.9 Å². The second kappa shape index (κ2) is 11.6. The minimum absolute atomic E-state index is 0.0462. The highest BCUT2D eigenvalue weighted by Crippen LogP contribution is 2.31. The third-order valence-electron chi connectivity index (χ3n) is 4.46. The van der Waals surface area contributed by atoms with Gasteiger partial charge in [0, 0.05) is 6.54 Å². The van der Waals surface area contributed by atoms with Crippen LogP contribution in [0.2, 0.25) is 0 Å². The molecule has 0 bridgehead atoms. The van der Waals surface area contributed by atoms with Crippen LogP contribution in [-0.4, -0.2) is 32.1 Å². The van der Waals surface area contributed by atoms with E-state index in [-0.39, 0.29) is 5.82 Å². The summed E-state index contributed by atoms with van der Waals surface area (Å²) in [7, 11) is 4.16. The van der Waals surface area contributed by atoms with E-state index in [4.69, 9.17) is 0 Å². The quantitative estimate of drug-likeness (QED) is 0.578. The first-order valence-electron chi connectivity index (χ1n) is 9.84. The highest BCUT2D eigenvalue weighted by molar-refractivity contribution is 5.72. The topological polar surface area (TPSA) is 29.5 Å². The molecule has 0 atom stereocenters. The van der Waals surface area contributed by atoms with Crippen molar-refractivity contribution >= 4 is 6.47 Å². The molecule has 2 aromatic carbocycles. The summed E-state index contributed by atoms with van der Waals surface area (Å²) in [6, 6.07) is 8.52. The third kappa shape index (κ3) is 6.75. The fourth-order valence-electron chi connectivity index (χ4n) is 3.47. The maximum Gasteiger partial charge on any atom is 0.293 e. The fourth-order valence-corrected chi connectivity index (χ4v) is 3.47. The van der Waals surface area contributed by atoms with Crippen LogP contribution in [0.4, 0.5) is 4.39 Å². The van der Waals surface area contributed by atoms with Gasteiger partial charge in [0.05, 0.1) is 6.61 Å². The molecular formula is C24H34FNO2. The second-order valence-corrected chi connectivity index (χ2v) is 7.41. The Kier molecular flexibility index (Phi) is 9.88. The van der Waals surface area contributed by atoms with Crippen LogP contribution in [0.15, 0.2) is 24.3 Å².